The van der Waals surface area contributed by atoms with Crippen LogP contribution in [0.2, 0.25) is 0 Å². The number of rotatable bonds is 4. The molecule has 1 radical (unpaired) electrons. The zero-order valence-corrected chi connectivity index (χ0v) is 21.3. The van der Waals surface area contributed by atoms with E-state index in [0.717, 1.165) is 6.54 Å². The molecule has 0 aliphatic rings. The minimum Gasteiger partial charge on any atom is -0.743 e. The first kappa shape index (κ1) is 37.5. The molecular formula is C13H17F10IrN2O6S2-. The van der Waals surface area contributed by atoms with E-state index in [9.17, 15) is 69.8 Å². The van der Waals surface area contributed by atoms with E-state index in [-0.39, 0.29) is 20.1 Å². The van der Waals surface area contributed by atoms with Crippen LogP contribution in [0.4, 0.5) is 43.9 Å². The molecule has 0 amide bonds. The molecule has 1 aromatic rings. The smallest absolute Gasteiger partial charge is 0.468 e. The number of hydrogen-bond donors (Lipinski definition) is 0. The van der Waals surface area contributed by atoms with Gasteiger partial charge in [-0.05, 0) is 13.3 Å². The van der Waals surface area contributed by atoms with Gasteiger partial charge in [0, 0.05) is 33.1 Å². The molecule has 8 nitrogen and oxygen atoms in total. The Hall–Kier alpha value is -1.02. The Morgan fingerprint density at radius 2 is 1.12 bits per heavy atom. The van der Waals surface area contributed by atoms with Crippen molar-refractivity contribution in [2.75, 3.05) is 0 Å². The van der Waals surface area contributed by atoms with Crippen LogP contribution in [0.15, 0.2) is 6.07 Å². The monoisotopic (exact) mass is 744 g/mol. The Morgan fingerprint density at radius 3 is 1.24 bits per heavy atom. The molecule has 0 atom stereocenters. The quantitative estimate of drug-likeness (QED) is 0.266. The molecule has 207 valence electrons. The summed E-state index contributed by atoms with van der Waals surface area (Å²) >= 11 is 0. The van der Waals surface area contributed by atoms with E-state index < -0.39 is 43.1 Å². The summed E-state index contributed by atoms with van der Waals surface area (Å²) in [6.45, 7) is 7.62. The van der Waals surface area contributed by atoms with Gasteiger partial charge in [-0.15, -0.1) is 4.68 Å². The maximum atomic E-state index is 11.4. The van der Waals surface area contributed by atoms with Gasteiger partial charge in [-0.2, -0.15) is 48.6 Å². The maximum Gasteiger partial charge on any atom is 0.468 e. The van der Waals surface area contributed by atoms with Crippen molar-refractivity contribution in [1.29, 1.82) is 0 Å². The van der Waals surface area contributed by atoms with E-state index in [1.165, 1.54) is 17.8 Å². The summed E-state index contributed by atoms with van der Waals surface area (Å²) in [6, 6.07) is 2.22. The van der Waals surface area contributed by atoms with Crippen molar-refractivity contribution in [2.24, 2.45) is 7.05 Å². The molecule has 0 bridgehead atoms. The molecule has 0 spiro atoms. The van der Waals surface area contributed by atoms with Gasteiger partial charge >= 0.3 is 22.9 Å². The molecule has 1 heterocycles. The third kappa shape index (κ3) is 9.56. The van der Waals surface area contributed by atoms with Crippen molar-refractivity contribution in [1.82, 2.24) is 4.68 Å². The van der Waals surface area contributed by atoms with Gasteiger partial charge < -0.3 is 9.11 Å². The molecule has 0 saturated heterocycles. The Kier molecular flexibility index (Phi) is 13.6. The first-order chi connectivity index (χ1) is 14.2. The largest absolute Gasteiger partial charge is 0.743 e. The molecule has 1 aromatic heterocycles. The van der Waals surface area contributed by atoms with Crippen molar-refractivity contribution in [3.8, 4) is 0 Å². The average molecular weight is 744 g/mol. The van der Waals surface area contributed by atoms with Crippen LogP contribution >= 0.6 is 0 Å². The van der Waals surface area contributed by atoms with Crippen molar-refractivity contribution in [3.05, 3.63) is 17.5 Å². The van der Waals surface area contributed by atoms with Gasteiger partial charge in [-0.3, -0.25) is 0 Å². The second-order valence-corrected chi connectivity index (χ2v) is 8.85. The van der Waals surface area contributed by atoms with E-state index in [1.807, 2.05) is 0 Å². The van der Waals surface area contributed by atoms with Crippen LogP contribution in [-0.4, -0.2) is 53.5 Å². The van der Waals surface area contributed by atoms with Crippen LogP contribution in [0.1, 0.15) is 24.7 Å². The molecular weight excluding hydrogens is 726 g/mol. The SMILES string of the molecule is CCCn1c(C)cc(C)[n+]1C.O=S(=O)([O-])C(F)(F)C(F)(F)F.O=S(=O)([O-])C(F)(F)C(F)(F)F.[Ir]. The first-order valence-corrected chi connectivity index (χ1v) is 10.8. The van der Waals surface area contributed by atoms with Crippen LogP contribution in [0.25, 0.3) is 0 Å². The molecule has 0 aliphatic heterocycles. The van der Waals surface area contributed by atoms with Crippen molar-refractivity contribution >= 4 is 20.2 Å². The van der Waals surface area contributed by atoms with E-state index in [2.05, 4.69) is 43.2 Å². The summed E-state index contributed by atoms with van der Waals surface area (Å²) in [5.41, 5.74) is 2.68. The van der Waals surface area contributed by atoms with Crippen LogP contribution in [0.3, 0.4) is 0 Å². The Bertz CT molecular complexity index is 951. The molecule has 0 fully saturated rings. The van der Waals surface area contributed by atoms with E-state index in [4.69, 9.17) is 0 Å². The Labute approximate surface area is 200 Å². The fourth-order valence-corrected chi connectivity index (χ4v) is 2.29. The molecule has 21 heteroatoms. The predicted molar refractivity (Wildman–Crippen MR) is 86.8 cm³/mol. The first-order valence-electron chi connectivity index (χ1n) is 7.99. The van der Waals surface area contributed by atoms with E-state index >= 15 is 0 Å². The third-order valence-corrected chi connectivity index (χ3v) is 5.14. The molecule has 0 unspecified atom stereocenters. The number of halogens is 10. The number of nitrogens with zero attached hydrogens (tertiary/aromatic N) is 2. The fraction of sp³-hybridized carbons (Fsp3) is 0.769. The molecule has 34 heavy (non-hydrogen) atoms. The van der Waals surface area contributed by atoms with E-state index in [0.29, 0.717) is 0 Å². The summed E-state index contributed by atoms with van der Waals surface area (Å²) < 4.78 is 172. The molecule has 0 aromatic carbocycles. The maximum absolute atomic E-state index is 11.4. The summed E-state index contributed by atoms with van der Waals surface area (Å²) in [4.78, 5) is 0. The summed E-state index contributed by atoms with van der Waals surface area (Å²) in [7, 11) is -11.2. The van der Waals surface area contributed by atoms with Gasteiger partial charge in [-0.1, -0.05) is 6.92 Å². The van der Waals surface area contributed by atoms with Crippen molar-refractivity contribution in [3.63, 3.8) is 0 Å². The van der Waals surface area contributed by atoms with Gasteiger partial charge in [0.05, 0.1) is 12.2 Å². The summed E-state index contributed by atoms with van der Waals surface area (Å²) in [6.07, 6.45) is -11.5. The zero-order valence-electron chi connectivity index (χ0n) is 17.3. The van der Waals surface area contributed by atoms with Gasteiger partial charge in [0.1, 0.15) is 0 Å². The number of aryl methyl sites for hydroxylation is 2. The van der Waals surface area contributed by atoms with Gasteiger partial charge in [0.15, 0.2) is 27.3 Å². The molecule has 0 saturated carbocycles. The number of alkyl halides is 10. The Balaban J connectivity index is -0.000000418. The minimum atomic E-state index is -6.67. The van der Waals surface area contributed by atoms with Crippen LogP contribution < -0.4 is 4.68 Å². The minimum absolute atomic E-state index is 0. The number of aromatic nitrogens is 2. The summed E-state index contributed by atoms with van der Waals surface area (Å²) in [5, 5.41) is -12.4. The topological polar surface area (TPSA) is 123 Å². The van der Waals surface area contributed by atoms with Crippen molar-refractivity contribution < 1.29 is 94.6 Å². The molecule has 0 aliphatic carbocycles. The van der Waals surface area contributed by atoms with E-state index in [1.54, 1.807) is 0 Å². The van der Waals surface area contributed by atoms with Crippen molar-refractivity contribution in [2.45, 2.75) is 56.6 Å². The fourth-order valence-electron chi connectivity index (χ4n) is 1.72. The van der Waals surface area contributed by atoms with Crippen LogP contribution in [-0.2, 0) is 53.9 Å². The average Bonchev–Trinajstić information content (AvgIpc) is 2.78. The third-order valence-electron chi connectivity index (χ3n) is 3.42. The number of hydrogen-bond acceptors (Lipinski definition) is 6. The second-order valence-electron chi connectivity index (χ2n) is 6.01. The van der Waals surface area contributed by atoms with Gasteiger partial charge in [-0.25, -0.2) is 16.8 Å². The normalized spacial score (nSPS) is 13.2. The van der Waals surface area contributed by atoms with Gasteiger partial charge in [0.2, 0.25) is 5.69 Å². The zero-order chi connectivity index (χ0) is 27.4. The van der Waals surface area contributed by atoms with Crippen LogP contribution in [0, 0.1) is 13.8 Å². The standard InChI is InChI=1S/C9H17N2.2C2HF5O3S.Ir/c1-5-6-11-9(3)7-8(2)10(11)4;2*3-1(4,5)2(6,7)11(8,9)10;/h7H,5-6H2,1-4H3;2*(H,8,9,10);/q+1;;;/p-2. The Morgan fingerprint density at radius 1 is 0.824 bits per heavy atom. The second kappa shape index (κ2) is 12.3. The molecule has 1 rings (SSSR count). The molecule has 0 N–H and O–H groups in total. The van der Waals surface area contributed by atoms with Gasteiger partial charge in [0.25, 0.3) is 0 Å². The summed E-state index contributed by atoms with van der Waals surface area (Å²) in [5.74, 6) is 0. The predicted octanol–water partition coefficient (Wildman–Crippen LogP) is 2.71. The van der Waals surface area contributed by atoms with Crippen LogP contribution in [0.5, 0.6) is 0 Å².